The third kappa shape index (κ3) is 2.58. The van der Waals surface area contributed by atoms with E-state index in [4.69, 9.17) is 15.0 Å². The summed E-state index contributed by atoms with van der Waals surface area (Å²) in [6.07, 6.45) is 1.09. The van der Waals surface area contributed by atoms with Crippen LogP contribution in [0.4, 0.5) is 0 Å². The zero-order valence-corrected chi connectivity index (χ0v) is 9.30. The van der Waals surface area contributed by atoms with Crippen LogP contribution in [0, 0.1) is 5.92 Å². The molecule has 0 bridgehead atoms. The van der Waals surface area contributed by atoms with Gasteiger partial charge in [0.1, 0.15) is 6.04 Å². The van der Waals surface area contributed by atoms with Crippen LogP contribution in [0.25, 0.3) is 0 Å². The Morgan fingerprint density at radius 1 is 1.62 bits per heavy atom. The first-order chi connectivity index (χ1) is 7.66. The number of hydrogen-bond donors (Lipinski definition) is 2. The summed E-state index contributed by atoms with van der Waals surface area (Å²) >= 11 is 0. The topological polar surface area (TPSA) is 94.4 Å². The molecule has 0 spiro atoms. The highest BCUT2D eigenvalue weighted by molar-refractivity contribution is 4.95. The molecular formula is C10H17N3O3. The SMILES string of the molecule is CC(O)C(N)c1nc(CC2CCOC2)no1. The van der Waals surface area contributed by atoms with Crippen molar-refractivity contribution in [3.8, 4) is 0 Å². The van der Waals surface area contributed by atoms with Gasteiger partial charge in [0.05, 0.1) is 6.10 Å². The molecule has 0 saturated carbocycles. The van der Waals surface area contributed by atoms with Crippen molar-refractivity contribution in [2.24, 2.45) is 11.7 Å². The lowest BCUT2D eigenvalue weighted by Crippen LogP contribution is -2.23. The van der Waals surface area contributed by atoms with Crippen LogP contribution < -0.4 is 5.73 Å². The molecule has 1 fully saturated rings. The highest BCUT2D eigenvalue weighted by Crippen LogP contribution is 2.18. The Bertz CT molecular complexity index is 334. The maximum absolute atomic E-state index is 9.30. The maximum atomic E-state index is 9.30. The molecule has 2 heterocycles. The minimum Gasteiger partial charge on any atom is -0.391 e. The molecule has 0 radical (unpaired) electrons. The minimum atomic E-state index is -0.692. The summed E-state index contributed by atoms with van der Waals surface area (Å²) in [5.41, 5.74) is 5.69. The van der Waals surface area contributed by atoms with Crippen molar-refractivity contribution in [3.63, 3.8) is 0 Å². The Morgan fingerprint density at radius 2 is 2.44 bits per heavy atom. The van der Waals surface area contributed by atoms with Crippen LogP contribution in [0.15, 0.2) is 4.52 Å². The molecule has 6 nitrogen and oxygen atoms in total. The highest BCUT2D eigenvalue weighted by atomic mass is 16.5. The number of hydrogen-bond acceptors (Lipinski definition) is 6. The van der Waals surface area contributed by atoms with E-state index < -0.39 is 12.1 Å². The van der Waals surface area contributed by atoms with Crippen molar-refractivity contribution in [1.82, 2.24) is 10.1 Å². The molecule has 6 heteroatoms. The van der Waals surface area contributed by atoms with E-state index in [1.807, 2.05) is 0 Å². The summed E-state index contributed by atoms with van der Waals surface area (Å²) < 4.78 is 10.3. The van der Waals surface area contributed by atoms with Crippen LogP contribution in [-0.4, -0.2) is 34.6 Å². The van der Waals surface area contributed by atoms with Gasteiger partial charge in [-0.2, -0.15) is 4.98 Å². The average molecular weight is 227 g/mol. The van der Waals surface area contributed by atoms with Gasteiger partial charge in [-0.1, -0.05) is 5.16 Å². The van der Waals surface area contributed by atoms with Crippen molar-refractivity contribution in [2.75, 3.05) is 13.2 Å². The Morgan fingerprint density at radius 3 is 3.06 bits per heavy atom. The van der Waals surface area contributed by atoms with Crippen LogP contribution in [0.2, 0.25) is 0 Å². The monoisotopic (exact) mass is 227 g/mol. The zero-order valence-electron chi connectivity index (χ0n) is 9.30. The summed E-state index contributed by atoms with van der Waals surface area (Å²) in [7, 11) is 0. The number of aliphatic hydroxyl groups excluding tert-OH is 1. The third-order valence-corrected chi connectivity index (χ3v) is 2.78. The normalized spacial score (nSPS) is 24.6. The fourth-order valence-corrected chi connectivity index (χ4v) is 1.69. The van der Waals surface area contributed by atoms with Crippen LogP contribution in [-0.2, 0) is 11.2 Å². The van der Waals surface area contributed by atoms with Gasteiger partial charge >= 0.3 is 0 Å². The van der Waals surface area contributed by atoms with E-state index in [0.717, 1.165) is 26.1 Å². The van der Waals surface area contributed by atoms with E-state index >= 15 is 0 Å². The number of aromatic nitrogens is 2. The predicted octanol–water partition coefficient (Wildman–Crippen LogP) is 0.0292. The molecule has 1 aliphatic heterocycles. The van der Waals surface area contributed by atoms with Crippen molar-refractivity contribution >= 4 is 0 Å². The lowest BCUT2D eigenvalue weighted by Gasteiger charge is -2.08. The van der Waals surface area contributed by atoms with Gasteiger partial charge in [0.25, 0.3) is 0 Å². The molecule has 1 aliphatic rings. The minimum absolute atomic E-state index is 0.295. The summed E-state index contributed by atoms with van der Waals surface area (Å²) in [5.74, 6) is 1.40. The first kappa shape index (κ1) is 11.5. The van der Waals surface area contributed by atoms with Crippen LogP contribution in [0.3, 0.4) is 0 Å². The second kappa shape index (κ2) is 4.90. The number of aliphatic hydroxyl groups is 1. The Hall–Kier alpha value is -0.980. The Balaban J connectivity index is 1.96. The van der Waals surface area contributed by atoms with E-state index in [2.05, 4.69) is 10.1 Å². The smallest absolute Gasteiger partial charge is 0.246 e. The molecule has 0 aliphatic carbocycles. The lowest BCUT2D eigenvalue weighted by molar-refractivity contribution is 0.146. The maximum Gasteiger partial charge on any atom is 0.246 e. The molecule has 3 N–H and O–H groups in total. The van der Waals surface area contributed by atoms with Gasteiger partial charge in [-0.3, -0.25) is 0 Å². The fourth-order valence-electron chi connectivity index (χ4n) is 1.69. The molecule has 0 amide bonds. The van der Waals surface area contributed by atoms with E-state index in [-0.39, 0.29) is 0 Å². The van der Waals surface area contributed by atoms with Crippen molar-refractivity contribution in [3.05, 3.63) is 11.7 Å². The average Bonchev–Trinajstić information content (AvgIpc) is 2.88. The number of nitrogens with zero attached hydrogens (tertiary/aromatic N) is 2. The second-order valence-electron chi connectivity index (χ2n) is 4.25. The second-order valence-corrected chi connectivity index (χ2v) is 4.25. The van der Waals surface area contributed by atoms with Crippen LogP contribution in [0.1, 0.15) is 31.1 Å². The largest absolute Gasteiger partial charge is 0.391 e. The number of nitrogens with two attached hydrogens (primary N) is 1. The molecule has 1 aromatic rings. The summed E-state index contributed by atoms with van der Waals surface area (Å²) in [6.45, 7) is 3.16. The molecule has 3 atom stereocenters. The van der Waals surface area contributed by atoms with Gasteiger partial charge in [0.2, 0.25) is 5.89 Å². The summed E-state index contributed by atoms with van der Waals surface area (Å²) in [5, 5.41) is 13.1. The van der Waals surface area contributed by atoms with E-state index in [9.17, 15) is 5.11 Å². The first-order valence-corrected chi connectivity index (χ1v) is 5.50. The van der Waals surface area contributed by atoms with Crippen LogP contribution in [0.5, 0.6) is 0 Å². The molecule has 16 heavy (non-hydrogen) atoms. The fraction of sp³-hybridized carbons (Fsp3) is 0.800. The van der Waals surface area contributed by atoms with Gasteiger partial charge < -0.3 is 20.1 Å². The molecule has 0 aromatic carbocycles. The van der Waals surface area contributed by atoms with Gasteiger partial charge in [-0.05, 0) is 19.3 Å². The number of ether oxygens (including phenoxy) is 1. The van der Waals surface area contributed by atoms with Gasteiger partial charge in [-0.15, -0.1) is 0 Å². The van der Waals surface area contributed by atoms with Crippen molar-refractivity contribution < 1.29 is 14.4 Å². The zero-order chi connectivity index (χ0) is 11.5. The number of rotatable bonds is 4. The van der Waals surface area contributed by atoms with E-state index in [1.54, 1.807) is 6.92 Å². The molecule has 3 unspecified atom stereocenters. The molecule has 1 aromatic heterocycles. The third-order valence-electron chi connectivity index (χ3n) is 2.78. The van der Waals surface area contributed by atoms with E-state index in [0.29, 0.717) is 17.6 Å². The lowest BCUT2D eigenvalue weighted by atomic mass is 10.1. The Kier molecular flexibility index (Phi) is 3.52. The first-order valence-electron chi connectivity index (χ1n) is 5.50. The summed E-state index contributed by atoms with van der Waals surface area (Å²) in [6, 6.07) is -0.610. The quantitative estimate of drug-likeness (QED) is 0.753. The van der Waals surface area contributed by atoms with E-state index in [1.165, 1.54) is 0 Å². The summed E-state index contributed by atoms with van der Waals surface area (Å²) in [4.78, 5) is 4.18. The molecule has 2 rings (SSSR count). The van der Waals surface area contributed by atoms with Crippen molar-refractivity contribution in [1.29, 1.82) is 0 Å². The van der Waals surface area contributed by atoms with Crippen molar-refractivity contribution in [2.45, 2.75) is 31.9 Å². The standard InChI is InChI=1S/C10H17N3O3/c1-6(14)9(11)10-12-8(13-16-10)4-7-2-3-15-5-7/h6-7,9,14H,2-5,11H2,1H3. The molecule has 90 valence electrons. The predicted molar refractivity (Wildman–Crippen MR) is 55.5 cm³/mol. The highest BCUT2D eigenvalue weighted by Gasteiger charge is 2.22. The molecule has 1 saturated heterocycles. The Labute approximate surface area is 93.8 Å². The van der Waals surface area contributed by atoms with Gasteiger partial charge in [0, 0.05) is 19.6 Å². The van der Waals surface area contributed by atoms with Gasteiger partial charge in [-0.25, -0.2) is 0 Å². The van der Waals surface area contributed by atoms with Crippen LogP contribution >= 0.6 is 0 Å². The van der Waals surface area contributed by atoms with Gasteiger partial charge in [0.15, 0.2) is 5.82 Å². The molecular weight excluding hydrogens is 210 g/mol.